The Bertz CT molecular complexity index is 993. The van der Waals surface area contributed by atoms with Crippen LogP contribution in [0.4, 0.5) is 5.69 Å². The molecule has 0 atom stereocenters. The fourth-order valence-corrected chi connectivity index (χ4v) is 2.76. The molecule has 4 aromatic rings. The van der Waals surface area contributed by atoms with Crippen molar-refractivity contribution in [3.63, 3.8) is 0 Å². The van der Waals surface area contributed by atoms with Crippen LogP contribution in [0.15, 0.2) is 65.1 Å². The number of hydrogen-bond acceptors (Lipinski definition) is 3. The first-order valence-corrected chi connectivity index (χ1v) is 7.39. The summed E-state index contributed by atoms with van der Waals surface area (Å²) < 4.78 is 11.7. The van der Waals surface area contributed by atoms with Crippen molar-refractivity contribution < 1.29 is 9.15 Å². The summed E-state index contributed by atoms with van der Waals surface area (Å²) >= 11 is 0. The van der Waals surface area contributed by atoms with E-state index in [1.165, 1.54) is 0 Å². The molecule has 0 unspecified atom stereocenters. The van der Waals surface area contributed by atoms with Crippen LogP contribution >= 0.6 is 0 Å². The molecule has 110 valence electrons. The van der Waals surface area contributed by atoms with Crippen molar-refractivity contribution in [1.82, 2.24) is 0 Å². The van der Waals surface area contributed by atoms with E-state index in [-0.39, 0.29) is 0 Å². The fourth-order valence-electron chi connectivity index (χ4n) is 2.76. The lowest BCUT2D eigenvalue weighted by Gasteiger charge is -2.09. The predicted octanol–water partition coefficient (Wildman–Crippen LogP) is 3.54. The highest BCUT2D eigenvalue weighted by Gasteiger charge is 2.12. The molecule has 0 saturated carbocycles. The van der Waals surface area contributed by atoms with Crippen LogP contribution in [-0.4, -0.2) is 7.85 Å². The monoisotopic (exact) mass is 299 g/mol. The highest BCUT2D eigenvalue weighted by molar-refractivity contribution is 6.41. The van der Waals surface area contributed by atoms with Crippen molar-refractivity contribution >= 4 is 40.9 Å². The first kappa shape index (κ1) is 13.8. The van der Waals surface area contributed by atoms with Crippen LogP contribution in [-0.2, 0) is 6.61 Å². The van der Waals surface area contributed by atoms with Crippen LogP contribution in [0.3, 0.4) is 0 Å². The lowest BCUT2D eigenvalue weighted by atomic mass is 9.91. The van der Waals surface area contributed by atoms with Crippen molar-refractivity contribution in [3.05, 3.63) is 66.2 Å². The number of rotatable bonds is 3. The van der Waals surface area contributed by atoms with E-state index in [4.69, 9.17) is 22.7 Å². The van der Waals surface area contributed by atoms with Gasteiger partial charge >= 0.3 is 0 Å². The van der Waals surface area contributed by atoms with Crippen molar-refractivity contribution in [1.29, 1.82) is 0 Å². The summed E-state index contributed by atoms with van der Waals surface area (Å²) in [7, 11) is 6.09. The minimum atomic E-state index is 0.460. The molecule has 3 nitrogen and oxygen atoms in total. The molecule has 2 radical (unpaired) electrons. The van der Waals surface area contributed by atoms with Crippen LogP contribution in [0.5, 0.6) is 5.75 Å². The van der Waals surface area contributed by atoms with E-state index in [1.807, 2.05) is 54.6 Å². The molecule has 1 aromatic heterocycles. The average Bonchev–Trinajstić information content (AvgIpc) is 2.92. The maximum absolute atomic E-state index is 6.09. The Kier molecular flexibility index (Phi) is 3.23. The zero-order valence-electron chi connectivity index (χ0n) is 12.5. The minimum Gasteiger partial charge on any atom is -0.487 e. The van der Waals surface area contributed by atoms with E-state index < -0.39 is 0 Å². The van der Waals surface area contributed by atoms with Crippen molar-refractivity contribution in [3.8, 4) is 5.75 Å². The van der Waals surface area contributed by atoms with Crippen LogP contribution in [0.1, 0.15) is 5.56 Å². The summed E-state index contributed by atoms with van der Waals surface area (Å²) in [5, 5.41) is 1.81. The van der Waals surface area contributed by atoms with Crippen LogP contribution < -0.4 is 15.9 Å². The summed E-state index contributed by atoms with van der Waals surface area (Å²) in [4.78, 5) is 0. The SMILES string of the molecule is [B]c1cccc2oc3cc(N)c(OCc4ccccc4)cc3c12. The predicted molar refractivity (Wildman–Crippen MR) is 94.3 cm³/mol. The maximum atomic E-state index is 6.09. The van der Waals surface area contributed by atoms with Gasteiger partial charge in [-0.25, -0.2) is 0 Å². The number of nitrogen functional groups attached to an aromatic ring is 1. The van der Waals surface area contributed by atoms with Gasteiger partial charge in [0.25, 0.3) is 0 Å². The van der Waals surface area contributed by atoms with Crippen molar-refractivity contribution in [2.24, 2.45) is 0 Å². The molecule has 0 spiro atoms. The second-order valence-corrected chi connectivity index (χ2v) is 5.48. The maximum Gasteiger partial charge on any atom is 0.143 e. The van der Waals surface area contributed by atoms with Gasteiger partial charge in [-0.2, -0.15) is 0 Å². The molecule has 0 saturated heterocycles. The highest BCUT2D eigenvalue weighted by atomic mass is 16.5. The quantitative estimate of drug-likeness (QED) is 0.465. The normalized spacial score (nSPS) is 11.1. The fraction of sp³-hybridized carbons (Fsp3) is 0.0526. The van der Waals surface area contributed by atoms with Gasteiger partial charge in [0.2, 0.25) is 0 Å². The Morgan fingerprint density at radius 1 is 0.957 bits per heavy atom. The van der Waals surface area contributed by atoms with Gasteiger partial charge in [0.15, 0.2) is 0 Å². The molecular weight excluding hydrogens is 285 g/mol. The molecule has 0 aliphatic heterocycles. The smallest absolute Gasteiger partial charge is 0.143 e. The summed E-state index contributed by atoms with van der Waals surface area (Å²) in [6.45, 7) is 0.460. The summed E-state index contributed by atoms with van der Waals surface area (Å²) in [5.41, 5.74) is 9.87. The summed E-state index contributed by atoms with van der Waals surface area (Å²) in [6, 6.07) is 19.3. The number of anilines is 1. The molecule has 23 heavy (non-hydrogen) atoms. The molecular formula is C19H14BNO2. The molecule has 0 fully saturated rings. The number of fused-ring (bicyclic) bond motifs is 3. The molecule has 1 heterocycles. The third kappa shape index (κ3) is 2.42. The molecule has 2 N–H and O–H groups in total. The van der Waals surface area contributed by atoms with E-state index in [1.54, 1.807) is 6.07 Å². The Morgan fingerprint density at radius 2 is 1.78 bits per heavy atom. The zero-order chi connectivity index (χ0) is 15.8. The minimum absolute atomic E-state index is 0.460. The summed E-state index contributed by atoms with van der Waals surface area (Å²) in [6.07, 6.45) is 0. The third-order valence-electron chi connectivity index (χ3n) is 3.90. The van der Waals surface area contributed by atoms with Gasteiger partial charge in [-0.1, -0.05) is 47.9 Å². The molecule has 0 aliphatic rings. The molecule has 0 bridgehead atoms. The number of nitrogens with two attached hydrogens (primary N) is 1. The first-order chi connectivity index (χ1) is 11.2. The zero-order valence-corrected chi connectivity index (χ0v) is 12.5. The van der Waals surface area contributed by atoms with E-state index >= 15 is 0 Å². The average molecular weight is 299 g/mol. The van der Waals surface area contributed by atoms with E-state index in [9.17, 15) is 0 Å². The largest absolute Gasteiger partial charge is 0.487 e. The van der Waals surface area contributed by atoms with E-state index in [0.29, 0.717) is 29.1 Å². The topological polar surface area (TPSA) is 48.4 Å². The molecule has 0 aliphatic carbocycles. The second kappa shape index (κ2) is 5.40. The van der Waals surface area contributed by atoms with Gasteiger partial charge in [0, 0.05) is 16.8 Å². The lowest BCUT2D eigenvalue weighted by Crippen LogP contribution is -2.02. The van der Waals surface area contributed by atoms with Gasteiger partial charge < -0.3 is 14.9 Å². The number of benzene rings is 3. The molecule has 4 heteroatoms. The Balaban J connectivity index is 1.78. The van der Waals surface area contributed by atoms with Gasteiger partial charge in [0.1, 0.15) is 31.4 Å². The Hall–Kier alpha value is -2.88. The standard InChI is InChI=1S/C19H14BNO2/c20-14-7-4-8-16-19(14)13-9-18(15(21)10-17(13)23-16)22-11-12-5-2-1-3-6-12/h1-10H,11,21H2. The van der Waals surface area contributed by atoms with E-state index in [2.05, 4.69) is 0 Å². The van der Waals surface area contributed by atoms with Gasteiger partial charge in [0.05, 0.1) is 5.69 Å². The lowest BCUT2D eigenvalue weighted by molar-refractivity contribution is 0.308. The van der Waals surface area contributed by atoms with Gasteiger partial charge in [-0.3, -0.25) is 0 Å². The second-order valence-electron chi connectivity index (χ2n) is 5.48. The highest BCUT2D eigenvalue weighted by Crippen LogP contribution is 2.34. The first-order valence-electron chi connectivity index (χ1n) is 7.39. The van der Waals surface area contributed by atoms with Gasteiger partial charge in [-0.15, -0.1) is 0 Å². The number of hydrogen-bond donors (Lipinski definition) is 1. The van der Waals surface area contributed by atoms with Crippen LogP contribution in [0.25, 0.3) is 21.9 Å². The van der Waals surface area contributed by atoms with E-state index in [0.717, 1.165) is 21.9 Å². The number of ether oxygens (including phenoxy) is 1. The molecule has 4 rings (SSSR count). The van der Waals surface area contributed by atoms with Crippen molar-refractivity contribution in [2.75, 3.05) is 5.73 Å². The summed E-state index contributed by atoms with van der Waals surface area (Å²) in [5.74, 6) is 0.632. The Labute approximate surface area is 135 Å². The Morgan fingerprint density at radius 3 is 2.61 bits per heavy atom. The van der Waals surface area contributed by atoms with Crippen LogP contribution in [0, 0.1) is 0 Å². The number of furan rings is 1. The molecule has 3 aromatic carbocycles. The third-order valence-corrected chi connectivity index (χ3v) is 3.90. The van der Waals surface area contributed by atoms with Gasteiger partial charge in [-0.05, 0) is 17.7 Å². The molecule has 0 amide bonds. The van der Waals surface area contributed by atoms with Crippen LogP contribution in [0.2, 0.25) is 0 Å². The van der Waals surface area contributed by atoms with Crippen molar-refractivity contribution in [2.45, 2.75) is 6.61 Å².